The molecular formula is C26H24N2O4S. The Morgan fingerprint density at radius 1 is 0.970 bits per heavy atom. The molecule has 0 bridgehead atoms. The van der Waals surface area contributed by atoms with Crippen molar-refractivity contribution in [3.05, 3.63) is 95.6 Å². The van der Waals surface area contributed by atoms with Crippen LogP contribution in [0.3, 0.4) is 0 Å². The molecule has 3 aromatic carbocycles. The molecule has 33 heavy (non-hydrogen) atoms. The van der Waals surface area contributed by atoms with Crippen LogP contribution < -0.4 is 14.8 Å². The number of para-hydroxylation sites is 2. The molecule has 7 heteroatoms. The van der Waals surface area contributed by atoms with E-state index in [-0.39, 0.29) is 23.3 Å². The molecule has 0 saturated carbocycles. The smallest absolute Gasteiger partial charge is 0.251 e. The van der Waals surface area contributed by atoms with E-state index in [0.717, 1.165) is 16.9 Å². The molecule has 1 N–H and O–H groups in total. The minimum absolute atomic E-state index is 0.0531. The summed E-state index contributed by atoms with van der Waals surface area (Å²) in [5, 5.41) is 2.87. The lowest BCUT2D eigenvalue weighted by molar-refractivity contribution is -0.128. The normalized spacial score (nSPS) is 19.4. The van der Waals surface area contributed by atoms with Gasteiger partial charge in [-0.15, -0.1) is 11.8 Å². The van der Waals surface area contributed by atoms with Crippen LogP contribution in [0.2, 0.25) is 0 Å². The second-order valence-electron chi connectivity index (χ2n) is 8.00. The van der Waals surface area contributed by atoms with Crippen LogP contribution in [0.4, 0.5) is 0 Å². The predicted molar refractivity (Wildman–Crippen MR) is 127 cm³/mol. The summed E-state index contributed by atoms with van der Waals surface area (Å²) in [5.74, 6) is 1.84. The van der Waals surface area contributed by atoms with Gasteiger partial charge in [0.15, 0.2) is 11.5 Å². The third-order valence-electron chi connectivity index (χ3n) is 5.68. The highest BCUT2D eigenvalue weighted by molar-refractivity contribution is 8.00. The van der Waals surface area contributed by atoms with E-state index in [4.69, 9.17) is 9.47 Å². The van der Waals surface area contributed by atoms with Gasteiger partial charge in [-0.3, -0.25) is 9.59 Å². The van der Waals surface area contributed by atoms with E-state index in [0.29, 0.717) is 36.8 Å². The first-order chi connectivity index (χ1) is 16.2. The summed E-state index contributed by atoms with van der Waals surface area (Å²) in [4.78, 5) is 27.0. The predicted octanol–water partition coefficient (Wildman–Crippen LogP) is 4.03. The van der Waals surface area contributed by atoms with Crippen molar-refractivity contribution in [3.63, 3.8) is 0 Å². The number of rotatable bonds is 6. The van der Waals surface area contributed by atoms with E-state index < -0.39 is 0 Å². The van der Waals surface area contributed by atoms with Crippen molar-refractivity contribution in [1.29, 1.82) is 0 Å². The Labute approximate surface area is 196 Å². The van der Waals surface area contributed by atoms with Gasteiger partial charge < -0.3 is 19.7 Å². The van der Waals surface area contributed by atoms with Crippen LogP contribution >= 0.6 is 11.8 Å². The Kier molecular flexibility index (Phi) is 6.21. The maximum Gasteiger partial charge on any atom is 0.251 e. The van der Waals surface area contributed by atoms with E-state index in [9.17, 15) is 9.59 Å². The molecule has 2 amide bonds. The molecule has 0 spiro atoms. The summed E-state index contributed by atoms with van der Waals surface area (Å²) in [6, 6.07) is 25.0. The molecule has 1 fully saturated rings. The molecule has 6 nitrogen and oxygen atoms in total. The van der Waals surface area contributed by atoms with Gasteiger partial charge in [0.25, 0.3) is 5.91 Å². The molecule has 0 radical (unpaired) electrons. The topological polar surface area (TPSA) is 67.9 Å². The largest absolute Gasteiger partial charge is 0.486 e. The highest BCUT2D eigenvalue weighted by atomic mass is 32.2. The summed E-state index contributed by atoms with van der Waals surface area (Å²) in [6.45, 7) is 1.32. The average molecular weight is 461 g/mol. The van der Waals surface area contributed by atoms with Crippen molar-refractivity contribution >= 4 is 23.6 Å². The summed E-state index contributed by atoms with van der Waals surface area (Å²) in [7, 11) is 0. The Bertz CT molecular complexity index is 1140. The maximum absolute atomic E-state index is 12.6. The standard InChI is InChI=1S/C26H24N2O4S/c29-24-17-33-26(28(24)15-18-6-2-1-3-7-18)20-12-10-19(11-13-20)25(30)27-14-21-16-31-22-8-4-5-9-23(22)32-21/h1-13,21,26H,14-17H2,(H,27,30)/t21-,26-/m1/s1. The number of nitrogens with one attached hydrogen (secondary N) is 1. The highest BCUT2D eigenvalue weighted by Gasteiger charge is 2.32. The summed E-state index contributed by atoms with van der Waals surface area (Å²) >= 11 is 1.61. The number of hydrogen-bond acceptors (Lipinski definition) is 5. The second-order valence-corrected chi connectivity index (χ2v) is 9.07. The molecular weight excluding hydrogens is 436 g/mol. The number of thioether (sulfide) groups is 1. The van der Waals surface area contributed by atoms with Crippen LogP contribution in [0.1, 0.15) is 26.9 Å². The molecule has 1 saturated heterocycles. The summed E-state index contributed by atoms with van der Waals surface area (Å²) < 4.78 is 11.6. The Hall–Kier alpha value is -3.45. The number of benzene rings is 3. The third kappa shape index (κ3) is 4.83. The molecule has 3 aromatic rings. The van der Waals surface area contributed by atoms with Crippen molar-refractivity contribution in [2.45, 2.75) is 18.0 Å². The summed E-state index contributed by atoms with van der Waals surface area (Å²) in [6.07, 6.45) is -0.240. The molecule has 2 heterocycles. The van der Waals surface area contributed by atoms with Gasteiger partial charge in [-0.1, -0.05) is 54.6 Å². The fraction of sp³-hybridized carbons (Fsp3) is 0.231. The minimum atomic E-state index is -0.240. The first-order valence-electron chi connectivity index (χ1n) is 10.9. The lowest BCUT2D eigenvalue weighted by Crippen LogP contribution is -2.40. The van der Waals surface area contributed by atoms with Crippen molar-refractivity contribution in [1.82, 2.24) is 10.2 Å². The van der Waals surface area contributed by atoms with E-state index in [1.165, 1.54) is 0 Å². The number of ether oxygens (including phenoxy) is 2. The summed E-state index contributed by atoms with van der Waals surface area (Å²) in [5.41, 5.74) is 2.68. The first-order valence-corrected chi connectivity index (χ1v) is 11.9. The Morgan fingerprint density at radius 2 is 1.70 bits per heavy atom. The molecule has 0 aromatic heterocycles. The van der Waals surface area contributed by atoms with Crippen molar-refractivity contribution < 1.29 is 19.1 Å². The van der Waals surface area contributed by atoms with E-state index in [1.54, 1.807) is 11.8 Å². The Balaban J connectivity index is 1.19. The Morgan fingerprint density at radius 3 is 2.48 bits per heavy atom. The zero-order valence-electron chi connectivity index (χ0n) is 18.0. The first kappa shape index (κ1) is 21.4. The maximum atomic E-state index is 12.6. The number of carbonyl (C=O) groups is 2. The van der Waals surface area contributed by atoms with Gasteiger partial charge in [0.05, 0.1) is 12.3 Å². The van der Waals surface area contributed by atoms with Gasteiger partial charge in [0.1, 0.15) is 18.1 Å². The number of amides is 2. The lowest BCUT2D eigenvalue weighted by Gasteiger charge is -2.26. The zero-order chi connectivity index (χ0) is 22.6. The SMILES string of the molecule is O=C(NC[C@@H]1COc2ccccc2O1)c1ccc([C@H]2SCC(=O)N2Cc2ccccc2)cc1. The minimum Gasteiger partial charge on any atom is -0.486 e. The van der Waals surface area contributed by atoms with Crippen LogP contribution in [-0.2, 0) is 11.3 Å². The molecule has 0 unspecified atom stereocenters. The number of carbonyl (C=O) groups excluding carboxylic acids is 2. The van der Waals surface area contributed by atoms with Crippen molar-refractivity contribution in [3.8, 4) is 11.5 Å². The van der Waals surface area contributed by atoms with Crippen LogP contribution in [0.25, 0.3) is 0 Å². The van der Waals surface area contributed by atoms with Gasteiger partial charge in [-0.2, -0.15) is 0 Å². The van der Waals surface area contributed by atoms with E-state index in [1.807, 2.05) is 83.8 Å². The van der Waals surface area contributed by atoms with Gasteiger partial charge in [-0.25, -0.2) is 0 Å². The van der Waals surface area contributed by atoms with Gasteiger partial charge in [0.2, 0.25) is 5.91 Å². The lowest BCUT2D eigenvalue weighted by atomic mass is 10.1. The average Bonchev–Trinajstić information content (AvgIpc) is 3.23. The fourth-order valence-corrected chi connectivity index (χ4v) is 5.14. The van der Waals surface area contributed by atoms with Gasteiger partial charge in [0, 0.05) is 12.1 Å². The third-order valence-corrected chi connectivity index (χ3v) is 6.94. The molecule has 2 aliphatic rings. The van der Waals surface area contributed by atoms with Crippen LogP contribution in [0, 0.1) is 0 Å². The number of fused-ring (bicyclic) bond motifs is 1. The van der Waals surface area contributed by atoms with Crippen LogP contribution in [0.15, 0.2) is 78.9 Å². The molecule has 2 aliphatic heterocycles. The van der Waals surface area contributed by atoms with Gasteiger partial charge >= 0.3 is 0 Å². The monoisotopic (exact) mass is 460 g/mol. The van der Waals surface area contributed by atoms with Crippen LogP contribution in [0.5, 0.6) is 11.5 Å². The molecule has 2 atom stereocenters. The molecule has 0 aliphatic carbocycles. The van der Waals surface area contributed by atoms with E-state index in [2.05, 4.69) is 5.32 Å². The fourth-order valence-electron chi connectivity index (χ4n) is 3.95. The second kappa shape index (κ2) is 9.58. The number of nitrogens with zero attached hydrogens (tertiary/aromatic N) is 1. The van der Waals surface area contributed by atoms with E-state index >= 15 is 0 Å². The van der Waals surface area contributed by atoms with Crippen molar-refractivity contribution in [2.75, 3.05) is 18.9 Å². The highest BCUT2D eigenvalue weighted by Crippen LogP contribution is 2.39. The quantitative estimate of drug-likeness (QED) is 0.602. The van der Waals surface area contributed by atoms with Crippen molar-refractivity contribution in [2.24, 2.45) is 0 Å². The number of hydrogen-bond donors (Lipinski definition) is 1. The van der Waals surface area contributed by atoms with Crippen LogP contribution in [-0.4, -0.2) is 41.7 Å². The van der Waals surface area contributed by atoms with Gasteiger partial charge in [-0.05, 0) is 35.4 Å². The molecule has 5 rings (SSSR count). The molecule has 168 valence electrons. The zero-order valence-corrected chi connectivity index (χ0v) is 18.8.